The number of carbonyl (C=O) groups excluding carboxylic acids is 2. The second-order valence-corrected chi connectivity index (χ2v) is 6.72. The number of rotatable bonds is 5. The highest BCUT2D eigenvalue weighted by atomic mass is 35.5. The lowest BCUT2D eigenvalue weighted by Crippen LogP contribution is -2.40. The minimum absolute atomic E-state index is 0.00849. The third kappa shape index (κ3) is 4.23. The highest BCUT2D eigenvalue weighted by molar-refractivity contribution is 6.30. The molecule has 1 aromatic carbocycles. The summed E-state index contributed by atoms with van der Waals surface area (Å²) in [5, 5.41) is 3.71. The highest BCUT2D eigenvalue weighted by Gasteiger charge is 2.35. The van der Waals surface area contributed by atoms with E-state index < -0.39 is 0 Å². The van der Waals surface area contributed by atoms with Gasteiger partial charge in [0.1, 0.15) is 0 Å². The topological polar surface area (TPSA) is 49.4 Å². The van der Waals surface area contributed by atoms with E-state index in [1.807, 2.05) is 45.0 Å². The van der Waals surface area contributed by atoms with E-state index in [0.717, 1.165) is 12.0 Å². The lowest BCUT2D eigenvalue weighted by atomic mass is 10.0. The second-order valence-electron chi connectivity index (χ2n) is 6.28. The number of likely N-dealkylation sites (tertiary alicyclic amines) is 1. The molecule has 1 aliphatic heterocycles. The second kappa shape index (κ2) is 7.14. The van der Waals surface area contributed by atoms with Crippen LogP contribution in [0.3, 0.4) is 0 Å². The van der Waals surface area contributed by atoms with Gasteiger partial charge < -0.3 is 10.2 Å². The molecular formula is C17H23ClN2O2. The third-order valence-corrected chi connectivity index (χ3v) is 4.21. The normalized spacial score (nSPS) is 19.6. The fourth-order valence-electron chi connectivity index (χ4n) is 2.84. The van der Waals surface area contributed by atoms with Crippen LogP contribution in [-0.2, 0) is 16.0 Å². The Morgan fingerprint density at radius 3 is 2.73 bits per heavy atom. The van der Waals surface area contributed by atoms with Crippen LogP contribution in [0.4, 0.5) is 0 Å². The number of carbonyl (C=O) groups is 2. The van der Waals surface area contributed by atoms with Crippen LogP contribution in [0.25, 0.3) is 0 Å². The van der Waals surface area contributed by atoms with E-state index in [-0.39, 0.29) is 29.8 Å². The van der Waals surface area contributed by atoms with Gasteiger partial charge in [-0.1, -0.05) is 23.7 Å². The Hall–Kier alpha value is -1.55. The molecule has 1 N–H and O–H groups in total. The molecule has 120 valence electrons. The Morgan fingerprint density at radius 2 is 2.14 bits per heavy atom. The monoisotopic (exact) mass is 322 g/mol. The van der Waals surface area contributed by atoms with E-state index in [4.69, 9.17) is 11.6 Å². The molecule has 0 bridgehead atoms. The van der Waals surface area contributed by atoms with Crippen molar-refractivity contribution in [2.24, 2.45) is 5.92 Å². The van der Waals surface area contributed by atoms with E-state index in [1.165, 1.54) is 0 Å². The molecule has 1 heterocycles. The van der Waals surface area contributed by atoms with Crippen LogP contribution in [0.15, 0.2) is 24.3 Å². The third-order valence-electron chi connectivity index (χ3n) is 3.97. The maximum Gasteiger partial charge on any atom is 0.225 e. The average molecular weight is 323 g/mol. The maximum absolute atomic E-state index is 12.3. The largest absolute Gasteiger partial charge is 0.353 e. The van der Waals surface area contributed by atoms with Gasteiger partial charge in [-0.05, 0) is 44.9 Å². The Kier molecular flexibility index (Phi) is 5.46. The van der Waals surface area contributed by atoms with E-state index >= 15 is 0 Å². The molecule has 5 heteroatoms. The van der Waals surface area contributed by atoms with Gasteiger partial charge >= 0.3 is 0 Å². The fourth-order valence-corrected chi connectivity index (χ4v) is 3.05. The van der Waals surface area contributed by atoms with Gasteiger partial charge in [-0.2, -0.15) is 0 Å². The van der Waals surface area contributed by atoms with Gasteiger partial charge in [-0.15, -0.1) is 0 Å². The minimum atomic E-state index is -0.239. The quantitative estimate of drug-likeness (QED) is 0.906. The van der Waals surface area contributed by atoms with Crippen molar-refractivity contribution in [2.75, 3.05) is 6.54 Å². The summed E-state index contributed by atoms with van der Waals surface area (Å²) in [7, 11) is 0. The van der Waals surface area contributed by atoms with E-state index in [0.29, 0.717) is 18.0 Å². The van der Waals surface area contributed by atoms with Gasteiger partial charge in [0.25, 0.3) is 0 Å². The minimum Gasteiger partial charge on any atom is -0.353 e. The van der Waals surface area contributed by atoms with Gasteiger partial charge in [0, 0.05) is 30.1 Å². The van der Waals surface area contributed by atoms with Gasteiger partial charge in [-0.25, -0.2) is 0 Å². The molecule has 0 aromatic heterocycles. The molecular weight excluding hydrogens is 300 g/mol. The van der Waals surface area contributed by atoms with Crippen LogP contribution in [0, 0.1) is 5.92 Å². The SMILES string of the molecule is CC(Cc1cccc(Cl)c1)NC(=O)C1CC(=O)N(C(C)C)C1. The zero-order chi connectivity index (χ0) is 16.3. The molecule has 1 aromatic rings. The first-order valence-corrected chi connectivity index (χ1v) is 8.09. The first-order chi connectivity index (χ1) is 10.4. The van der Waals surface area contributed by atoms with Crippen molar-refractivity contribution in [2.45, 2.75) is 45.7 Å². The van der Waals surface area contributed by atoms with E-state index in [9.17, 15) is 9.59 Å². The van der Waals surface area contributed by atoms with Crippen LogP contribution < -0.4 is 5.32 Å². The average Bonchev–Trinajstić information content (AvgIpc) is 2.81. The van der Waals surface area contributed by atoms with Crippen LogP contribution in [-0.4, -0.2) is 35.3 Å². The number of halogens is 1. The Morgan fingerprint density at radius 1 is 1.41 bits per heavy atom. The zero-order valence-electron chi connectivity index (χ0n) is 13.3. The molecule has 1 aliphatic rings. The predicted molar refractivity (Wildman–Crippen MR) is 87.7 cm³/mol. The highest BCUT2D eigenvalue weighted by Crippen LogP contribution is 2.20. The summed E-state index contributed by atoms with van der Waals surface area (Å²) in [5.74, 6) is -0.208. The van der Waals surface area contributed by atoms with Crippen molar-refractivity contribution in [1.29, 1.82) is 0 Å². The summed E-state index contributed by atoms with van der Waals surface area (Å²) >= 11 is 5.97. The van der Waals surface area contributed by atoms with Gasteiger partial charge in [0.2, 0.25) is 11.8 Å². The number of nitrogens with zero attached hydrogens (tertiary/aromatic N) is 1. The predicted octanol–water partition coefficient (Wildman–Crippen LogP) is 2.64. The lowest BCUT2D eigenvalue weighted by Gasteiger charge is -2.21. The summed E-state index contributed by atoms with van der Waals surface area (Å²) in [6.45, 7) is 6.43. The summed E-state index contributed by atoms with van der Waals surface area (Å²) < 4.78 is 0. The molecule has 0 aliphatic carbocycles. The van der Waals surface area contributed by atoms with Gasteiger partial charge in [0.15, 0.2) is 0 Å². The van der Waals surface area contributed by atoms with Crippen LogP contribution in [0.1, 0.15) is 32.8 Å². The Bertz CT molecular complexity index is 559. The first-order valence-electron chi connectivity index (χ1n) is 7.71. The summed E-state index contributed by atoms with van der Waals surface area (Å²) in [5.41, 5.74) is 1.09. The molecule has 0 saturated carbocycles. The molecule has 4 nitrogen and oxygen atoms in total. The van der Waals surface area contributed by atoms with E-state index in [1.54, 1.807) is 4.90 Å². The molecule has 1 fully saturated rings. The lowest BCUT2D eigenvalue weighted by molar-refractivity contribution is -0.130. The van der Waals surface area contributed by atoms with Gasteiger partial charge in [-0.3, -0.25) is 9.59 Å². The van der Waals surface area contributed by atoms with Crippen molar-refractivity contribution in [3.05, 3.63) is 34.9 Å². The number of hydrogen-bond acceptors (Lipinski definition) is 2. The fraction of sp³-hybridized carbons (Fsp3) is 0.529. The van der Waals surface area contributed by atoms with Crippen molar-refractivity contribution in [3.63, 3.8) is 0 Å². The molecule has 2 amide bonds. The van der Waals surface area contributed by atoms with Crippen molar-refractivity contribution >= 4 is 23.4 Å². The smallest absolute Gasteiger partial charge is 0.225 e. The Labute approximate surface area is 136 Å². The standard InChI is InChI=1S/C17H23ClN2O2/c1-11(2)20-10-14(9-16(20)21)17(22)19-12(3)7-13-5-4-6-15(18)8-13/h4-6,8,11-12,14H,7,9-10H2,1-3H3,(H,19,22). The zero-order valence-corrected chi connectivity index (χ0v) is 14.1. The molecule has 0 radical (unpaired) electrons. The van der Waals surface area contributed by atoms with Crippen LogP contribution in [0.2, 0.25) is 5.02 Å². The van der Waals surface area contributed by atoms with E-state index in [2.05, 4.69) is 5.32 Å². The number of hydrogen-bond donors (Lipinski definition) is 1. The number of benzene rings is 1. The molecule has 2 atom stereocenters. The van der Waals surface area contributed by atoms with Crippen molar-refractivity contribution in [1.82, 2.24) is 10.2 Å². The summed E-state index contributed by atoms with van der Waals surface area (Å²) in [6.07, 6.45) is 1.04. The van der Waals surface area contributed by atoms with Crippen LogP contribution in [0.5, 0.6) is 0 Å². The summed E-state index contributed by atoms with van der Waals surface area (Å²) in [6, 6.07) is 7.79. The first kappa shape index (κ1) is 16.8. The molecule has 22 heavy (non-hydrogen) atoms. The number of amides is 2. The maximum atomic E-state index is 12.3. The molecule has 0 spiro atoms. The molecule has 2 unspecified atom stereocenters. The van der Waals surface area contributed by atoms with Crippen molar-refractivity contribution < 1.29 is 9.59 Å². The summed E-state index contributed by atoms with van der Waals surface area (Å²) in [4.78, 5) is 26.0. The molecule has 2 rings (SSSR count). The van der Waals surface area contributed by atoms with Crippen molar-refractivity contribution in [3.8, 4) is 0 Å². The molecule has 1 saturated heterocycles. The number of nitrogens with one attached hydrogen (secondary N) is 1. The van der Waals surface area contributed by atoms with Crippen LogP contribution >= 0.6 is 11.6 Å². The van der Waals surface area contributed by atoms with Gasteiger partial charge in [0.05, 0.1) is 5.92 Å². The Balaban J connectivity index is 1.88.